The number of ether oxygens (including phenoxy) is 1. The van der Waals surface area contributed by atoms with Gasteiger partial charge in [0.25, 0.3) is 0 Å². The Balaban J connectivity index is 2.07. The highest BCUT2D eigenvalue weighted by Crippen LogP contribution is 2.31. The zero-order valence-corrected chi connectivity index (χ0v) is 14.0. The number of thioether (sulfide) groups is 1. The summed E-state index contributed by atoms with van der Waals surface area (Å²) in [6.07, 6.45) is 0.0559. The number of anilines is 1. The van der Waals surface area contributed by atoms with Crippen molar-refractivity contribution in [1.82, 2.24) is 5.32 Å². The van der Waals surface area contributed by atoms with Gasteiger partial charge in [-0.2, -0.15) is 0 Å². The fraction of sp³-hybridized carbons (Fsp3) is 0.357. The molecule has 22 heavy (non-hydrogen) atoms. The van der Waals surface area contributed by atoms with Crippen LogP contribution in [0.5, 0.6) is 5.75 Å². The molecule has 0 bridgehead atoms. The number of hydrogen-bond donors (Lipinski definition) is 2. The average Bonchev–Trinajstić information content (AvgIpc) is 2.83. The smallest absolute Gasteiger partial charge is 0.240 e. The van der Waals surface area contributed by atoms with Crippen molar-refractivity contribution in [3.8, 4) is 5.75 Å². The maximum atomic E-state index is 12.1. The molecule has 1 aliphatic rings. The number of methoxy groups -OCH3 is 1. The molecule has 0 spiro atoms. The van der Waals surface area contributed by atoms with Crippen LogP contribution >= 0.6 is 23.4 Å². The molecular weight excluding hydrogens is 326 g/mol. The lowest BCUT2D eigenvalue weighted by Crippen LogP contribution is -2.28. The largest absolute Gasteiger partial charge is 0.495 e. The van der Waals surface area contributed by atoms with E-state index in [-0.39, 0.29) is 18.2 Å². The molecule has 1 saturated heterocycles. The molecule has 2 N–H and O–H groups in total. The quantitative estimate of drug-likeness (QED) is 0.880. The lowest BCUT2D eigenvalue weighted by atomic mass is 10.2. The van der Waals surface area contributed by atoms with Gasteiger partial charge in [-0.05, 0) is 18.6 Å². The lowest BCUT2D eigenvalue weighted by molar-refractivity contribution is -0.122. The monoisotopic (exact) mass is 341 g/mol. The molecule has 118 valence electrons. The minimum absolute atomic E-state index is 0.0559. The molecular formula is C14H16ClN3O3S. The van der Waals surface area contributed by atoms with Crippen LogP contribution in [0.2, 0.25) is 5.02 Å². The molecule has 1 fully saturated rings. The van der Waals surface area contributed by atoms with E-state index in [9.17, 15) is 9.59 Å². The third kappa shape index (κ3) is 3.72. The van der Waals surface area contributed by atoms with Gasteiger partial charge < -0.3 is 15.4 Å². The zero-order chi connectivity index (χ0) is 16.3. The lowest BCUT2D eigenvalue weighted by Gasteiger charge is -2.13. The normalized spacial score (nSPS) is 19.2. The molecule has 2 amide bonds. The van der Waals surface area contributed by atoms with Crippen molar-refractivity contribution in [3.05, 3.63) is 22.7 Å². The molecule has 1 aliphatic heterocycles. The predicted molar refractivity (Wildman–Crippen MR) is 88.9 cm³/mol. The summed E-state index contributed by atoms with van der Waals surface area (Å²) in [6, 6.07) is 3.38. The molecule has 2 rings (SSSR count). The first-order chi connectivity index (χ1) is 10.4. The number of nitrogens with one attached hydrogen (secondary N) is 2. The summed E-state index contributed by atoms with van der Waals surface area (Å²) in [4.78, 5) is 27.8. The summed E-state index contributed by atoms with van der Waals surface area (Å²) in [5.41, 5.74) is 1.35. The van der Waals surface area contributed by atoms with Gasteiger partial charge in [0, 0.05) is 24.6 Å². The number of aryl methyl sites for hydroxylation is 1. The first-order valence-corrected chi connectivity index (χ1v) is 7.78. The van der Waals surface area contributed by atoms with Gasteiger partial charge in [0.1, 0.15) is 11.0 Å². The molecule has 6 nitrogen and oxygen atoms in total. The van der Waals surface area contributed by atoms with E-state index in [1.54, 1.807) is 19.2 Å². The van der Waals surface area contributed by atoms with E-state index in [4.69, 9.17) is 16.3 Å². The summed E-state index contributed by atoms with van der Waals surface area (Å²) >= 11 is 7.28. The van der Waals surface area contributed by atoms with Crippen LogP contribution in [0.25, 0.3) is 0 Å². The van der Waals surface area contributed by atoms with E-state index in [0.717, 1.165) is 5.56 Å². The minimum atomic E-state index is -0.474. The number of benzene rings is 1. The Morgan fingerprint density at radius 2 is 2.27 bits per heavy atom. The number of aliphatic imine (C=N–C) groups is 1. The van der Waals surface area contributed by atoms with Crippen LogP contribution < -0.4 is 15.4 Å². The Morgan fingerprint density at radius 3 is 2.86 bits per heavy atom. The Bertz CT molecular complexity index is 648. The van der Waals surface area contributed by atoms with Crippen LogP contribution in [0.4, 0.5) is 5.69 Å². The number of carbonyl (C=O) groups excluding carboxylic acids is 2. The third-order valence-corrected chi connectivity index (χ3v) is 4.69. The standard InChI is InChI=1S/C14H16ClN3O3S/c1-7-4-9(10(21-3)5-8(7)15)17-12(19)6-11-13(20)18-14(16-2)22-11/h4-5,11H,6H2,1-3H3,(H,17,19)(H,16,18,20)/t11-/m1/s1. The number of rotatable bonds is 4. The first-order valence-electron chi connectivity index (χ1n) is 6.53. The summed E-state index contributed by atoms with van der Waals surface area (Å²) in [7, 11) is 3.09. The fourth-order valence-corrected chi connectivity index (χ4v) is 3.03. The van der Waals surface area contributed by atoms with E-state index in [1.165, 1.54) is 18.9 Å². The van der Waals surface area contributed by atoms with Gasteiger partial charge in [0.05, 0.1) is 12.8 Å². The number of amides is 2. The van der Waals surface area contributed by atoms with Gasteiger partial charge in [-0.3, -0.25) is 14.6 Å². The molecule has 0 aromatic heterocycles. The molecule has 1 heterocycles. The number of halogens is 1. The van der Waals surface area contributed by atoms with Crippen molar-refractivity contribution in [1.29, 1.82) is 0 Å². The second kappa shape index (κ2) is 7.02. The Hall–Kier alpha value is -1.73. The minimum Gasteiger partial charge on any atom is -0.495 e. The van der Waals surface area contributed by atoms with Crippen LogP contribution in [0, 0.1) is 6.92 Å². The zero-order valence-electron chi connectivity index (χ0n) is 12.4. The molecule has 0 saturated carbocycles. The third-order valence-electron chi connectivity index (χ3n) is 3.11. The van der Waals surface area contributed by atoms with E-state index in [0.29, 0.717) is 21.6 Å². The topological polar surface area (TPSA) is 79.8 Å². The molecule has 1 aromatic carbocycles. The predicted octanol–water partition coefficient (Wildman–Crippen LogP) is 2.20. The summed E-state index contributed by atoms with van der Waals surface area (Å²) in [5.74, 6) is -0.00619. The molecule has 0 radical (unpaired) electrons. The second-order valence-electron chi connectivity index (χ2n) is 4.68. The second-order valence-corrected chi connectivity index (χ2v) is 6.28. The molecule has 1 aromatic rings. The van der Waals surface area contributed by atoms with Crippen LogP contribution in [0.15, 0.2) is 17.1 Å². The Labute approximate surface area is 137 Å². The van der Waals surface area contributed by atoms with Gasteiger partial charge in [-0.1, -0.05) is 23.4 Å². The summed E-state index contributed by atoms with van der Waals surface area (Å²) in [6.45, 7) is 1.84. The molecule has 0 aliphatic carbocycles. The number of carbonyl (C=O) groups is 2. The van der Waals surface area contributed by atoms with Gasteiger partial charge in [0.15, 0.2) is 5.17 Å². The van der Waals surface area contributed by atoms with Gasteiger partial charge >= 0.3 is 0 Å². The Kier molecular flexibility index (Phi) is 5.31. The van der Waals surface area contributed by atoms with Crippen LogP contribution in [0.1, 0.15) is 12.0 Å². The van der Waals surface area contributed by atoms with E-state index < -0.39 is 5.25 Å². The fourth-order valence-electron chi connectivity index (χ4n) is 1.95. The van der Waals surface area contributed by atoms with E-state index in [1.807, 2.05) is 6.92 Å². The molecule has 1 atom stereocenters. The number of nitrogens with zero attached hydrogens (tertiary/aromatic N) is 1. The van der Waals surface area contributed by atoms with Gasteiger partial charge in [-0.25, -0.2) is 0 Å². The van der Waals surface area contributed by atoms with Crippen molar-refractivity contribution in [2.75, 3.05) is 19.5 Å². The van der Waals surface area contributed by atoms with Crippen molar-refractivity contribution < 1.29 is 14.3 Å². The van der Waals surface area contributed by atoms with Crippen molar-refractivity contribution >= 4 is 46.0 Å². The van der Waals surface area contributed by atoms with Crippen molar-refractivity contribution in [3.63, 3.8) is 0 Å². The highest BCUT2D eigenvalue weighted by molar-refractivity contribution is 8.15. The van der Waals surface area contributed by atoms with Gasteiger partial charge in [0.2, 0.25) is 11.8 Å². The van der Waals surface area contributed by atoms with Crippen molar-refractivity contribution in [2.24, 2.45) is 4.99 Å². The van der Waals surface area contributed by atoms with Crippen molar-refractivity contribution in [2.45, 2.75) is 18.6 Å². The maximum absolute atomic E-state index is 12.1. The highest BCUT2D eigenvalue weighted by Gasteiger charge is 2.31. The average molecular weight is 342 g/mol. The number of amidine groups is 1. The highest BCUT2D eigenvalue weighted by atomic mass is 35.5. The molecule has 0 unspecified atom stereocenters. The van der Waals surface area contributed by atoms with E-state index in [2.05, 4.69) is 15.6 Å². The van der Waals surface area contributed by atoms with Crippen LogP contribution in [-0.2, 0) is 9.59 Å². The maximum Gasteiger partial charge on any atom is 0.240 e. The number of hydrogen-bond acceptors (Lipinski definition) is 5. The Morgan fingerprint density at radius 1 is 1.55 bits per heavy atom. The summed E-state index contributed by atoms with van der Waals surface area (Å²) in [5, 5.41) is 5.98. The van der Waals surface area contributed by atoms with Crippen LogP contribution in [-0.4, -0.2) is 36.4 Å². The van der Waals surface area contributed by atoms with E-state index >= 15 is 0 Å². The van der Waals surface area contributed by atoms with Crippen LogP contribution in [0.3, 0.4) is 0 Å². The SMILES string of the molecule is CN=C1NC(=O)[C@@H](CC(=O)Nc2cc(C)c(Cl)cc2OC)S1. The van der Waals surface area contributed by atoms with Gasteiger partial charge in [-0.15, -0.1) is 0 Å². The first kappa shape index (κ1) is 16.6. The summed E-state index contributed by atoms with van der Waals surface area (Å²) < 4.78 is 5.20. The molecule has 8 heteroatoms.